The first-order valence-corrected chi connectivity index (χ1v) is 6.50. The number of carbonyl (C=O) groups excluding carboxylic acids is 1. The van der Waals surface area contributed by atoms with E-state index in [1.54, 1.807) is 19.1 Å². The standard InChI is InChI=1S/C16H18N2O2/c1-2-20-16(19)14-10-12(5-8-15(14)18)9-11-3-6-13(17)7-4-11/h3-8,10H,2,9,17-18H2,1H3. The van der Waals surface area contributed by atoms with Gasteiger partial charge in [-0.25, -0.2) is 4.79 Å². The van der Waals surface area contributed by atoms with Crippen molar-refractivity contribution in [3.05, 3.63) is 59.2 Å². The van der Waals surface area contributed by atoms with Crippen LogP contribution in [-0.2, 0) is 11.2 Å². The molecule has 0 spiro atoms. The second kappa shape index (κ2) is 6.10. The summed E-state index contributed by atoms with van der Waals surface area (Å²) in [5, 5.41) is 0. The molecule has 2 aromatic rings. The number of ether oxygens (including phenoxy) is 1. The van der Waals surface area contributed by atoms with E-state index >= 15 is 0 Å². The smallest absolute Gasteiger partial charge is 0.340 e. The molecule has 0 heterocycles. The van der Waals surface area contributed by atoms with Gasteiger partial charge in [0.05, 0.1) is 12.2 Å². The number of carbonyl (C=O) groups is 1. The van der Waals surface area contributed by atoms with Gasteiger partial charge in [-0.3, -0.25) is 0 Å². The van der Waals surface area contributed by atoms with Gasteiger partial charge in [-0.15, -0.1) is 0 Å². The Bertz CT molecular complexity index is 606. The Hall–Kier alpha value is -2.49. The molecule has 0 radical (unpaired) electrons. The van der Waals surface area contributed by atoms with Crippen LogP contribution in [-0.4, -0.2) is 12.6 Å². The highest BCUT2D eigenvalue weighted by Gasteiger charge is 2.11. The summed E-state index contributed by atoms with van der Waals surface area (Å²) in [4.78, 5) is 11.8. The van der Waals surface area contributed by atoms with Gasteiger partial charge in [0.15, 0.2) is 0 Å². The summed E-state index contributed by atoms with van der Waals surface area (Å²) in [6.45, 7) is 2.10. The molecule has 20 heavy (non-hydrogen) atoms. The Morgan fingerprint density at radius 3 is 2.35 bits per heavy atom. The number of nitrogens with two attached hydrogens (primary N) is 2. The predicted molar refractivity (Wildman–Crippen MR) is 80.5 cm³/mol. The van der Waals surface area contributed by atoms with Gasteiger partial charge in [-0.1, -0.05) is 18.2 Å². The molecule has 0 aliphatic rings. The molecule has 0 aliphatic heterocycles. The minimum atomic E-state index is -0.385. The molecule has 0 atom stereocenters. The third kappa shape index (κ3) is 3.29. The fourth-order valence-electron chi connectivity index (χ4n) is 1.97. The largest absolute Gasteiger partial charge is 0.462 e. The summed E-state index contributed by atoms with van der Waals surface area (Å²) in [7, 11) is 0. The Morgan fingerprint density at radius 2 is 1.70 bits per heavy atom. The molecule has 4 nitrogen and oxygen atoms in total. The van der Waals surface area contributed by atoms with E-state index in [0.29, 0.717) is 24.3 Å². The highest BCUT2D eigenvalue weighted by molar-refractivity contribution is 5.95. The van der Waals surface area contributed by atoms with Crippen LogP contribution in [0.1, 0.15) is 28.4 Å². The fraction of sp³-hybridized carbons (Fsp3) is 0.188. The Labute approximate surface area is 118 Å². The van der Waals surface area contributed by atoms with Crippen molar-refractivity contribution in [3.8, 4) is 0 Å². The zero-order chi connectivity index (χ0) is 14.5. The van der Waals surface area contributed by atoms with E-state index in [1.807, 2.05) is 30.3 Å². The van der Waals surface area contributed by atoms with Crippen LogP contribution in [0.2, 0.25) is 0 Å². The molecule has 2 aromatic carbocycles. The van der Waals surface area contributed by atoms with E-state index in [4.69, 9.17) is 16.2 Å². The minimum absolute atomic E-state index is 0.334. The molecule has 0 amide bonds. The van der Waals surface area contributed by atoms with Crippen molar-refractivity contribution in [3.63, 3.8) is 0 Å². The van der Waals surface area contributed by atoms with Gasteiger partial charge < -0.3 is 16.2 Å². The third-order valence-corrected chi connectivity index (χ3v) is 3.00. The fourth-order valence-corrected chi connectivity index (χ4v) is 1.97. The molecule has 2 rings (SSSR count). The van der Waals surface area contributed by atoms with Gasteiger partial charge in [-0.2, -0.15) is 0 Å². The van der Waals surface area contributed by atoms with Crippen LogP contribution >= 0.6 is 0 Å². The summed E-state index contributed by atoms with van der Waals surface area (Å²) in [5.74, 6) is -0.385. The molecular formula is C16H18N2O2. The summed E-state index contributed by atoms with van der Waals surface area (Å²) in [6, 6.07) is 13.1. The summed E-state index contributed by atoms with van der Waals surface area (Å²) in [6.07, 6.45) is 0.715. The molecule has 0 aromatic heterocycles. The number of benzene rings is 2. The minimum Gasteiger partial charge on any atom is -0.462 e. The summed E-state index contributed by atoms with van der Waals surface area (Å²) >= 11 is 0. The average molecular weight is 270 g/mol. The molecule has 0 fully saturated rings. The first-order valence-electron chi connectivity index (χ1n) is 6.50. The molecular weight excluding hydrogens is 252 g/mol. The van der Waals surface area contributed by atoms with Gasteiger partial charge in [0, 0.05) is 11.4 Å². The number of hydrogen-bond donors (Lipinski definition) is 2. The lowest BCUT2D eigenvalue weighted by Crippen LogP contribution is -2.08. The van der Waals surface area contributed by atoms with Gasteiger partial charge in [0.1, 0.15) is 0 Å². The van der Waals surface area contributed by atoms with E-state index in [9.17, 15) is 4.79 Å². The van der Waals surface area contributed by atoms with E-state index < -0.39 is 0 Å². The topological polar surface area (TPSA) is 78.3 Å². The van der Waals surface area contributed by atoms with Gasteiger partial charge >= 0.3 is 5.97 Å². The average Bonchev–Trinajstić information content (AvgIpc) is 2.43. The summed E-state index contributed by atoms with van der Waals surface area (Å²) in [5.41, 5.74) is 15.2. The van der Waals surface area contributed by atoms with Crippen molar-refractivity contribution in [2.45, 2.75) is 13.3 Å². The van der Waals surface area contributed by atoms with Gasteiger partial charge in [-0.05, 0) is 48.7 Å². The van der Waals surface area contributed by atoms with E-state index in [1.165, 1.54) is 0 Å². The number of rotatable bonds is 4. The zero-order valence-electron chi connectivity index (χ0n) is 11.4. The molecule has 0 bridgehead atoms. The normalized spacial score (nSPS) is 10.2. The first kappa shape index (κ1) is 13.9. The number of esters is 1. The Morgan fingerprint density at radius 1 is 1.05 bits per heavy atom. The molecule has 0 aliphatic carbocycles. The van der Waals surface area contributed by atoms with Crippen molar-refractivity contribution in [2.24, 2.45) is 0 Å². The van der Waals surface area contributed by atoms with E-state index in [0.717, 1.165) is 16.8 Å². The van der Waals surface area contributed by atoms with Crippen LogP contribution in [0.5, 0.6) is 0 Å². The lowest BCUT2D eigenvalue weighted by molar-refractivity contribution is 0.0527. The van der Waals surface area contributed by atoms with Crippen molar-refractivity contribution >= 4 is 17.3 Å². The number of hydrogen-bond acceptors (Lipinski definition) is 4. The maximum atomic E-state index is 11.8. The molecule has 4 heteroatoms. The molecule has 104 valence electrons. The van der Waals surface area contributed by atoms with Gasteiger partial charge in [0.25, 0.3) is 0 Å². The van der Waals surface area contributed by atoms with Crippen LogP contribution in [0, 0.1) is 0 Å². The Kier molecular flexibility index (Phi) is 4.25. The number of nitrogen functional groups attached to an aromatic ring is 2. The monoisotopic (exact) mass is 270 g/mol. The van der Waals surface area contributed by atoms with Crippen LogP contribution in [0.4, 0.5) is 11.4 Å². The van der Waals surface area contributed by atoms with Crippen molar-refractivity contribution < 1.29 is 9.53 Å². The third-order valence-electron chi connectivity index (χ3n) is 3.00. The highest BCUT2D eigenvalue weighted by atomic mass is 16.5. The molecule has 0 saturated carbocycles. The molecule has 4 N–H and O–H groups in total. The highest BCUT2D eigenvalue weighted by Crippen LogP contribution is 2.18. The lowest BCUT2D eigenvalue weighted by atomic mass is 10.0. The second-order valence-corrected chi connectivity index (χ2v) is 4.56. The number of anilines is 2. The van der Waals surface area contributed by atoms with Crippen LogP contribution in [0.25, 0.3) is 0 Å². The summed E-state index contributed by atoms with van der Waals surface area (Å²) < 4.78 is 4.99. The van der Waals surface area contributed by atoms with Crippen molar-refractivity contribution in [1.82, 2.24) is 0 Å². The SMILES string of the molecule is CCOC(=O)c1cc(Cc2ccc(N)cc2)ccc1N. The van der Waals surface area contributed by atoms with Crippen LogP contribution in [0.3, 0.4) is 0 Å². The molecule has 0 saturated heterocycles. The zero-order valence-corrected chi connectivity index (χ0v) is 11.4. The molecule has 0 unspecified atom stereocenters. The van der Waals surface area contributed by atoms with Crippen molar-refractivity contribution in [1.29, 1.82) is 0 Å². The predicted octanol–water partition coefficient (Wildman–Crippen LogP) is 2.62. The van der Waals surface area contributed by atoms with E-state index in [2.05, 4.69) is 0 Å². The maximum absolute atomic E-state index is 11.8. The second-order valence-electron chi connectivity index (χ2n) is 4.56. The van der Waals surface area contributed by atoms with Crippen molar-refractivity contribution in [2.75, 3.05) is 18.1 Å². The Balaban J connectivity index is 2.22. The van der Waals surface area contributed by atoms with Crippen LogP contribution < -0.4 is 11.5 Å². The quantitative estimate of drug-likeness (QED) is 0.661. The van der Waals surface area contributed by atoms with Crippen LogP contribution in [0.15, 0.2) is 42.5 Å². The van der Waals surface area contributed by atoms with E-state index in [-0.39, 0.29) is 5.97 Å². The lowest BCUT2D eigenvalue weighted by Gasteiger charge is -2.08. The first-order chi connectivity index (χ1) is 9.60. The van der Waals surface area contributed by atoms with Gasteiger partial charge in [0.2, 0.25) is 0 Å². The maximum Gasteiger partial charge on any atom is 0.340 e.